The van der Waals surface area contributed by atoms with Gasteiger partial charge in [0.15, 0.2) is 0 Å². The minimum absolute atomic E-state index is 0.0929. The van der Waals surface area contributed by atoms with Gasteiger partial charge in [0.25, 0.3) is 5.56 Å². The largest absolute Gasteiger partial charge is 0.396 e. The number of hydrogen-bond acceptors (Lipinski definition) is 4. The van der Waals surface area contributed by atoms with Crippen molar-refractivity contribution in [2.24, 2.45) is 0 Å². The highest BCUT2D eigenvalue weighted by molar-refractivity contribution is 6.41. The summed E-state index contributed by atoms with van der Waals surface area (Å²) in [7, 11) is 0. The van der Waals surface area contributed by atoms with Crippen LogP contribution < -0.4 is 10.9 Å². The van der Waals surface area contributed by atoms with Crippen LogP contribution >= 0.6 is 34.8 Å². The molecule has 0 saturated carbocycles. The first kappa shape index (κ1) is 20.7. The fourth-order valence-corrected chi connectivity index (χ4v) is 3.37. The molecule has 0 aliphatic heterocycles. The zero-order valence-electron chi connectivity index (χ0n) is 14.8. The van der Waals surface area contributed by atoms with E-state index in [9.17, 15) is 9.90 Å². The summed E-state index contributed by atoms with van der Waals surface area (Å²) < 4.78 is 1.14. The van der Waals surface area contributed by atoms with Crippen LogP contribution in [0, 0.1) is 0 Å². The molecule has 3 rings (SSSR count). The lowest BCUT2D eigenvalue weighted by atomic mass is 9.96. The van der Waals surface area contributed by atoms with Crippen LogP contribution in [0.2, 0.25) is 15.1 Å². The molecule has 1 heterocycles. The monoisotopic (exact) mass is 437 g/mol. The second-order valence-corrected chi connectivity index (χ2v) is 7.38. The van der Waals surface area contributed by atoms with Crippen molar-refractivity contribution >= 4 is 40.5 Å². The van der Waals surface area contributed by atoms with Crippen LogP contribution in [0.5, 0.6) is 0 Å². The number of nitrogens with zero attached hydrogens (tertiary/aromatic N) is 2. The summed E-state index contributed by atoms with van der Waals surface area (Å²) in [6.45, 7) is 0.703. The molecule has 2 aromatic carbocycles. The van der Waals surface area contributed by atoms with E-state index in [1.165, 1.54) is 6.20 Å². The van der Waals surface area contributed by atoms with Gasteiger partial charge in [-0.1, -0.05) is 65.1 Å². The number of aliphatic hydroxyl groups is 1. The fraction of sp³-hybridized carbons (Fsp3) is 0.200. The van der Waals surface area contributed by atoms with Crippen molar-refractivity contribution in [2.75, 3.05) is 18.5 Å². The number of hydrogen-bond donors (Lipinski definition) is 2. The van der Waals surface area contributed by atoms with Crippen molar-refractivity contribution in [2.45, 2.75) is 12.3 Å². The van der Waals surface area contributed by atoms with Crippen molar-refractivity contribution < 1.29 is 5.11 Å². The molecule has 28 heavy (non-hydrogen) atoms. The molecule has 1 atom stereocenters. The van der Waals surface area contributed by atoms with Crippen molar-refractivity contribution in [3.63, 3.8) is 0 Å². The van der Waals surface area contributed by atoms with Gasteiger partial charge in [0.05, 0.1) is 27.6 Å². The lowest BCUT2D eigenvalue weighted by Gasteiger charge is -2.19. The van der Waals surface area contributed by atoms with Crippen LogP contribution in [-0.2, 0) is 0 Å². The molecule has 146 valence electrons. The van der Waals surface area contributed by atoms with Gasteiger partial charge in [0.2, 0.25) is 0 Å². The molecule has 0 radical (unpaired) electrons. The third-order valence-electron chi connectivity index (χ3n) is 4.36. The van der Waals surface area contributed by atoms with Gasteiger partial charge in [-0.15, -0.1) is 0 Å². The van der Waals surface area contributed by atoms with Crippen LogP contribution in [0.3, 0.4) is 0 Å². The summed E-state index contributed by atoms with van der Waals surface area (Å²) >= 11 is 18.1. The van der Waals surface area contributed by atoms with Gasteiger partial charge in [-0.05, 0) is 30.2 Å². The number of aliphatic hydroxyl groups excluding tert-OH is 1. The first-order valence-corrected chi connectivity index (χ1v) is 9.77. The molecule has 2 N–H and O–H groups in total. The van der Waals surface area contributed by atoms with E-state index >= 15 is 0 Å². The van der Waals surface area contributed by atoms with E-state index in [2.05, 4.69) is 10.4 Å². The Bertz CT molecular complexity index is 1010. The minimum atomic E-state index is -0.516. The Morgan fingerprint density at radius 2 is 1.82 bits per heavy atom. The molecule has 0 bridgehead atoms. The maximum Gasteiger partial charge on any atom is 0.291 e. The van der Waals surface area contributed by atoms with Crippen LogP contribution in [-0.4, -0.2) is 28.0 Å². The van der Waals surface area contributed by atoms with Crippen molar-refractivity contribution in [3.8, 4) is 5.69 Å². The smallest absolute Gasteiger partial charge is 0.291 e. The molecule has 0 saturated heterocycles. The Balaban J connectivity index is 1.79. The number of aromatic nitrogens is 2. The Labute approximate surface area is 177 Å². The number of anilines is 1. The number of rotatable bonds is 7. The SMILES string of the molecule is O=c1c(Cl)c(Cl)cnn1-c1ccc(NCC(CCO)c2ccccc2)c(Cl)c1. The summed E-state index contributed by atoms with van der Waals surface area (Å²) in [4.78, 5) is 12.2. The third-order valence-corrected chi connectivity index (χ3v) is 5.42. The van der Waals surface area contributed by atoms with E-state index in [0.29, 0.717) is 23.7 Å². The molecule has 3 aromatic rings. The molecule has 0 spiro atoms. The van der Waals surface area contributed by atoms with Gasteiger partial charge in [0, 0.05) is 19.1 Å². The minimum Gasteiger partial charge on any atom is -0.396 e. The summed E-state index contributed by atoms with van der Waals surface area (Å²) in [5, 5.41) is 17.1. The molecule has 5 nitrogen and oxygen atoms in total. The lowest BCUT2D eigenvalue weighted by molar-refractivity contribution is 0.277. The first-order chi connectivity index (χ1) is 13.5. The van der Waals surface area contributed by atoms with Gasteiger partial charge < -0.3 is 10.4 Å². The zero-order chi connectivity index (χ0) is 20.1. The van der Waals surface area contributed by atoms with E-state index in [1.807, 2.05) is 30.3 Å². The first-order valence-electron chi connectivity index (χ1n) is 8.64. The molecule has 1 unspecified atom stereocenters. The molecule has 0 amide bonds. The lowest BCUT2D eigenvalue weighted by Crippen LogP contribution is -2.21. The van der Waals surface area contributed by atoms with Crippen molar-refractivity contribution in [1.82, 2.24) is 9.78 Å². The average Bonchev–Trinajstić information content (AvgIpc) is 2.71. The van der Waals surface area contributed by atoms with Gasteiger partial charge in [-0.3, -0.25) is 4.79 Å². The summed E-state index contributed by atoms with van der Waals surface area (Å²) in [5.41, 5.74) is 1.83. The highest BCUT2D eigenvalue weighted by atomic mass is 35.5. The third kappa shape index (κ3) is 4.67. The summed E-state index contributed by atoms with van der Waals surface area (Å²) in [6.07, 6.45) is 1.94. The Morgan fingerprint density at radius 3 is 2.50 bits per heavy atom. The second kappa shape index (κ2) is 9.43. The Hall–Kier alpha value is -2.05. The highest BCUT2D eigenvalue weighted by Gasteiger charge is 2.13. The Kier molecular flexibility index (Phi) is 6.97. The standard InChI is InChI=1S/C20H18Cl3N3O2/c21-16-10-15(26-20(28)19(23)17(22)12-25-26)6-7-18(16)24-11-14(8-9-27)13-4-2-1-3-5-13/h1-7,10,12,14,24,27H,8-9,11H2. The van der Waals surface area contributed by atoms with Crippen LogP contribution in [0.4, 0.5) is 5.69 Å². The van der Waals surface area contributed by atoms with Crippen LogP contribution in [0.15, 0.2) is 59.5 Å². The molecule has 1 aromatic heterocycles. The maximum atomic E-state index is 12.2. The summed E-state index contributed by atoms with van der Waals surface area (Å²) in [6, 6.07) is 15.1. The van der Waals surface area contributed by atoms with Crippen molar-refractivity contribution in [1.29, 1.82) is 0 Å². The van der Waals surface area contributed by atoms with Gasteiger partial charge in [0.1, 0.15) is 5.02 Å². The van der Waals surface area contributed by atoms with E-state index in [1.54, 1.807) is 18.2 Å². The zero-order valence-corrected chi connectivity index (χ0v) is 17.0. The van der Waals surface area contributed by atoms with Gasteiger partial charge >= 0.3 is 0 Å². The molecule has 0 aliphatic carbocycles. The molecule has 8 heteroatoms. The number of benzene rings is 2. The Morgan fingerprint density at radius 1 is 1.07 bits per heavy atom. The van der Waals surface area contributed by atoms with Crippen LogP contribution in [0.1, 0.15) is 17.9 Å². The topological polar surface area (TPSA) is 67.2 Å². The number of halogens is 3. The van der Waals surface area contributed by atoms with Gasteiger partial charge in [-0.2, -0.15) is 9.78 Å². The molecule has 0 aliphatic rings. The molecule has 0 fully saturated rings. The van der Waals surface area contributed by atoms with E-state index in [0.717, 1.165) is 15.9 Å². The quantitative estimate of drug-likeness (QED) is 0.557. The van der Waals surface area contributed by atoms with E-state index in [-0.39, 0.29) is 22.6 Å². The number of nitrogens with one attached hydrogen (secondary N) is 1. The summed E-state index contributed by atoms with van der Waals surface area (Å²) in [5.74, 6) is 0.140. The van der Waals surface area contributed by atoms with Crippen molar-refractivity contribution in [3.05, 3.63) is 85.7 Å². The predicted molar refractivity (Wildman–Crippen MR) is 114 cm³/mol. The van der Waals surface area contributed by atoms with E-state index < -0.39 is 5.56 Å². The van der Waals surface area contributed by atoms with Gasteiger partial charge in [-0.25, -0.2) is 0 Å². The molecular formula is C20H18Cl3N3O2. The normalized spacial score (nSPS) is 12.0. The fourth-order valence-electron chi connectivity index (χ4n) is 2.88. The van der Waals surface area contributed by atoms with Crippen LogP contribution in [0.25, 0.3) is 5.69 Å². The average molecular weight is 439 g/mol. The predicted octanol–water partition coefficient (Wildman–Crippen LogP) is 4.77. The second-order valence-electron chi connectivity index (χ2n) is 6.19. The molecular weight excluding hydrogens is 421 g/mol. The van der Waals surface area contributed by atoms with E-state index in [4.69, 9.17) is 34.8 Å². The highest BCUT2D eigenvalue weighted by Crippen LogP contribution is 2.27. The maximum absolute atomic E-state index is 12.2.